The van der Waals surface area contributed by atoms with Gasteiger partial charge in [-0.25, -0.2) is 9.37 Å². The van der Waals surface area contributed by atoms with Crippen molar-refractivity contribution >= 4 is 17.7 Å². The number of ether oxygens (including phenoxy) is 1. The van der Waals surface area contributed by atoms with Crippen LogP contribution in [-0.2, 0) is 4.79 Å². The zero-order chi connectivity index (χ0) is 18.4. The Bertz CT molecular complexity index is 749. The number of rotatable bonds is 8. The smallest absolute Gasteiger partial charge is 0.303 e. The van der Waals surface area contributed by atoms with E-state index in [9.17, 15) is 9.18 Å². The SMILES string of the molecule is Cc1cnc(OC(C)C)c(-c2ccc(SCCCC(=O)O)c(F)c2)c1. The molecule has 0 atom stereocenters. The van der Waals surface area contributed by atoms with Crippen molar-refractivity contribution in [2.24, 2.45) is 0 Å². The molecule has 0 fully saturated rings. The predicted molar refractivity (Wildman–Crippen MR) is 97.7 cm³/mol. The van der Waals surface area contributed by atoms with Crippen molar-refractivity contribution in [2.75, 3.05) is 5.75 Å². The van der Waals surface area contributed by atoms with Crippen molar-refractivity contribution in [3.8, 4) is 17.0 Å². The summed E-state index contributed by atoms with van der Waals surface area (Å²) in [6, 6.07) is 6.96. The number of thioether (sulfide) groups is 1. The van der Waals surface area contributed by atoms with Gasteiger partial charge in [0.05, 0.1) is 6.10 Å². The van der Waals surface area contributed by atoms with E-state index in [0.717, 1.165) is 11.1 Å². The molecule has 0 bridgehead atoms. The van der Waals surface area contributed by atoms with E-state index in [1.807, 2.05) is 32.9 Å². The Morgan fingerprint density at radius 3 is 2.76 bits per heavy atom. The number of carbonyl (C=O) groups is 1. The van der Waals surface area contributed by atoms with E-state index in [4.69, 9.17) is 9.84 Å². The van der Waals surface area contributed by atoms with Gasteiger partial charge in [-0.2, -0.15) is 0 Å². The highest BCUT2D eigenvalue weighted by molar-refractivity contribution is 7.99. The van der Waals surface area contributed by atoms with Gasteiger partial charge in [0.15, 0.2) is 0 Å². The zero-order valence-corrected chi connectivity index (χ0v) is 15.4. The summed E-state index contributed by atoms with van der Waals surface area (Å²) in [5, 5.41) is 8.64. The van der Waals surface area contributed by atoms with E-state index < -0.39 is 5.97 Å². The molecule has 1 aromatic heterocycles. The molecule has 1 N–H and O–H groups in total. The Kier molecular flexibility index (Phi) is 6.82. The van der Waals surface area contributed by atoms with Gasteiger partial charge in [0.25, 0.3) is 0 Å². The van der Waals surface area contributed by atoms with Crippen LogP contribution in [0.1, 0.15) is 32.3 Å². The molecule has 0 radical (unpaired) electrons. The average molecular weight is 363 g/mol. The Labute approximate surface area is 151 Å². The second-order valence-corrected chi connectivity index (χ2v) is 7.16. The van der Waals surface area contributed by atoms with E-state index in [-0.39, 0.29) is 18.3 Å². The van der Waals surface area contributed by atoms with Gasteiger partial charge >= 0.3 is 5.97 Å². The first-order valence-corrected chi connectivity index (χ1v) is 9.13. The maximum absolute atomic E-state index is 14.4. The van der Waals surface area contributed by atoms with Gasteiger partial charge in [-0.3, -0.25) is 4.79 Å². The lowest BCUT2D eigenvalue weighted by Crippen LogP contribution is -2.08. The fourth-order valence-electron chi connectivity index (χ4n) is 2.27. The van der Waals surface area contributed by atoms with Crippen LogP contribution in [0.4, 0.5) is 4.39 Å². The lowest BCUT2D eigenvalue weighted by Gasteiger charge is -2.14. The van der Waals surface area contributed by atoms with E-state index in [1.54, 1.807) is 12.3 Å². The Hall–Kier alpha value is -2.08. The number of benzene rings is 1. The molecular formula is C19H22FNO3S. The van der Waals surface area contributed by atoms with Crippen LogP contribution in [0.25, 0.3) is 11.1 Å². The van der Waals surface area contributed by atoms with Crippen LogP contribution < -0.4 is 4.74 Å². The fourth-order valence-corrected chi connectivity index (χ4v) is 3.14. The molecule has 1 heterocycles. The molecule has 2 rings (SSSR count). The van der Waals surface area contributed by atoms with Crippen LogP contribution in [0.5, 0.6) is 5.88 Å². The third kappa shape index (κ3) is 5.74. The minimum Gasteiger partial charge on any atom is -0.481 e. The third-order valence-electron chi connectivity index (χ3n) is 3.37. The number of carboxylic acids is 1. The topological polar surface area (TPSA) is 59.4 Å². The van der Waals surface area contributed by atoms with Crippen molar-refractivity contribution < 1.29 is 19.0 Å². The summed E-state index contributed by atoms with van der Waals surface area (Å²) in [6.45, 7) is 5.77. The second-order valence-electron chi connectivity index (χ2n) is 6.02. The number of aromatic nitrogens is 1. The van der Waals surface area contributed by atoms with Gasteiger partial charge in [0, 0.05) is 23.1 Å². The molecule has 6 heteroatoms. The second kappa shape index (κ2) is 8.85. The number of aliphatic carboxylic acids is 1. The quantitative estimate of drug-likeness (QED) is 0.532. The first-order valence-electron chi connectivity index (χ1n) is 8.14. The zero-order valence-electron chi connectivity index (χ0n) is 14.6. The molecule has 0 saturated heterocycles. The van der Waals surface area contributed by atoms with Crippen LogP contribution >= 0.6 is 11.8 Å². The van der Waals surface area contributed by atoms with Gasteiger partial charge in [0.2, 0.25) is 5.88 Å². The highest BCUT2D eigenvalue weighted by Gasteiger charge is 2.13. The molecule has 0 amide bonds. The third-order valence-corrected chi connectivity index (χ3v) is 4.51. The Morgan fingerprint density at radius 1 is 1.36 bits per heavy atom. The summed E-state index contributed by atoms with van der Waals surface area (Å²) in [4.78, 5) is 15.3. The van der Waals surface area contributed by atoms with Crippen molar-refractivity contribution in [1.82, 2.24) is 4.98 Å². The highest BCUT2D eigenvalue weighted by Crippen LogP contribution is 2.33. The maximum atomic E-state index is 14.4. The van der Waals surface area contributed by atoms with Gasteiger partial charge in [0.1, 0.15) is 5.82 Å². The summed E-state index contributed by atoms with van der Waals surface area (Å²) >= 11 is 1.33. The molecule has 0 unspecified atom stereocenters. The van der Waals surface area contributed by atoms with Crippen molar-refractivity contribution in [1.29, 1.82) is 0 Å². The number of hydrogen-bond donors (Lipinski definition) is 1. The summed E-state index contributed by atoms with van der Waals surface area (Å²) in [5.74, 6) is -0.103. The summed E-state index contributed by atoms with van der Waals surface area (Å²) in [6.07, 6.45) is 2.31. The van der Waals surface area contributed by atoms with E-state index >= 15 is 0 Å². The predicted octanol–water partition coefficient (Wildman–Crippen LogP) is 4.94. The van der Waals surface area contributed by atoms with Crippen molar-refractivity contribution in [3.05, 3.63) is 41.8 Å². The molecule has 0 aliphatic carbocycles. The van der Waals surface area contributed by atoms with Gasteiger partial charge in [-0.1, -0.05) is 6.07 Å². The largest absolute Gasteiger partial charge is 0.481 e. The first-order chi connectivity index (χ1) is 11.9. The standard InChI is InChI=1S/C19H22FNO3S/c1-12(2)24-19-15(9-13(3)11-21-19)14-6-7-17(16(20)10-14)25-8-4-5-18(22)23/h6-7,9-12H,4-5,8H2,1-3H3,(H,22,23). The monoisotopic (exact) mass is 363 g/mol. The molecule has 2 aromatic rings. The Balaban J connectivity index is 2.19. The molecule has 0 spiro atoms. The lowest BCUT2D eigenvalue weighted by atomic mass is 10.1. The molecule has 0 saturated carbocycles. The molecule has 134 valence electrons. The molecule has 0 aliphatic rings. The van der Waals surface area contributed by atoms with Crippen LogP contribution in [0.2, 0.25) is 0 Å². The van der Waals surface area contributed by atoms with Gasteiger partial charge in [-0.15, -0.1) is 11.8 Å². The molecular weight excluding hydrogens is 341 g/mol. The van der Waals surface area contributed by atoms with Gasteiger partial charge < -0.3 is 9.84 Å². The lowest BCUT2D eigenvalue weighted by molar-refractivity contribution is -0.137. The van der Waals surface area contributed by atoms with E-state index in [0.29, 0.717) is 28.5 Å². The average Bonchev–Trinajstić information content (AvgIpc) is 2.53. The maximum Gasteiger partial charge on any atom is 0.303 e. The van der Waals surface area contributed by atoms with E-state index in [1.165, 1.54) is 17.8 Å². The number of carboxylic acid groups (broad SMARTS) is 1. The number of hydrogen-bond acceptors (Lipinski definition) is 4. The van der Waals surface area contributed by atoms with Crippen molar-refractivity contribution in [2.45, 2.75) is 44.6 Å². The minimum atomic E-state index is -0.832. The fraction of sp³-hybridized carbons (Fsp3) is 0.368. The van der Waals surface area contributed by atoms with Gasteiger partial charge in [-0.05, 0) is 62.3 Å². The first kappa shape index (κ1) is 19.2. The molecule has 1 aromatic carbocycles. The van der Waals surface area contributed by atoms with Crippen LogP contribution in [-0.4, -0.2) is 27.9 Å². The molecule has 25 heavy (non-hydrogen) atoms. The van der Waals surface area contributed by atoms with Crippen LogP contribution in [0.3, 0.4) is 0 Å². The summed E-state index contributed by atoms with van der Waals surface area (Å²) in [7, 11) is 0. The van der Waals surface area contributed by atoms with Crippen LogP contribution in [0, 0.1) is 12.7 Å². The minimum absolute atomic E-state index is 0.0251. The number of pyridine rings is 1. The van der Waals surface area contributed by atoms with Crippen molar-refractivity contribution in [3.63, 3.8) is 0 Å². The molecule has 4 nitrogen and oxygen atoms in total. The molecule has 0 aliphatic heterocycles. The normalized spacial score (nSPS) is 10.9. The summed E-state index contributed by atoms with van der Waals surface area (Å²) in [5.41, 5.74) is 2.44. The Morgan fingerprint density at radius 2 is 2.12 bits per heavy atom. The van der Waals surface area contributed by atoms with Crippen LogP contribution in [0.15, 0.2) is 35.4 Å². The summed E-state index contributed by atoms with van der Waals surface area (Å²) < 4.78 is 20.2. The van der Waals surface area contributed by atoms with E-state index in [2.05, 4.69) is 4.98 Å². The number of aryl methyl sites for hydroxylation is 1. The highest BCUT2D eigenvalue weighted by atomic mass is 32.2. The number of halogens is 1. The number of nitrogens with zero attached hydrogens (tertiary/aromatic N) is 1.